The summed E-state index contributed by atoms with van der Waals surface area (Å²) in [6.07, 6.45) is 0.400. The van der Waals surface area contributed by atoms with E-state index in [0.29, 0.717) is 17.3 Å². The van der Waals surface area contributed by atoms with Crippen LogP contribution in [0.15, 0.2) is 5.16 Å². The van der Waals surface area contributed by atoms with Crippen molar-refractivity contribution >= 4 is 35.4 Å². The molecule has 2 fully saturated rings. The van der Waals surface area contributed by atoms with Crippen LogP contribution in [0.3, 0.4) is 0 Å². The van der Waals surface area contributed by atoms with Gasteiger partial charge in [-0.1, -0.05) is 11.8 Å². The molecule has 1 aromatic rings. The number of aliphatic hydroxyl groups excluding tert-OH is 1. The summed E-state index contributed by atoms with van der Waals surface area (Å²) in [7, 11) is 0. The third-order valence-electron chi connectivity index (χ3n) is 3.74. The third-order valence-corrected chi connectivity index (χ3v) is 6.79. The number of aromatic nitrogens is 4. The molecule has 2 saturated heterocycles. The highest BCUT2D eigenvalue weighted by Crippen LogP contribution is 2.52. The first-order valence-corrected chi connectivity index (χ1v) is 8.54. The Morgan fingerprint density at radius 3 is 3.00 bits per heavy atom. The van der Waals surface area contributed by atoms with Crippen LogP contribution < -0.4 is 0 Å². The highest BCUT2D eigenvalue weighted by atomic mass is 32.2. The van der Waals surface area contributed by atoms with E-state index in [0.717, 1.165) is 0 Å². The number of carbonyl (C=O) groups is 2. The molecule has 0 spiro atoms. The predicted octanol–water partition coefficient (Wildman–Crippen LogP) is -0.725. The number of aliphatic hydroxyl groups is 1. The van der Waals surface area contributed by atoms with Crippen molar-refractivity contribution in [3.05, 3.63) is 0 Å². The topological polar surface area (TPSA) is 121 Å². The summed E-state index contributed by atoms with van der Waals surface area (Å²) in [4.78, 5) is 24.7. The second kappa shape index (κ2) is 5.70. The van der Waals surface area contributed by atoms with Crippen molar-refractivity contribution in [2.75, 3.05) is 12.4 Å². The van der Waals surface area contributed by atoms with Gasteiger partial charge < -0.3 is 15.1 Å². The number of thioether (sulfide) groups is 2. The first-order valence-electron chi connectivity index (χ1n) is 6.68. The number of carboxylic acids is 1. The molecule has 120 valence electrons. The molecule has 3 heterocycles. The van der Waals surface area contributed by atoms with Gasteiger partial charge in [0.1, 0.15) is 6.04 Å². The Morgan fingerprint density at radius 2 is 2.36 bits per heavy atom. The van der Waals surface area contributed by atoms with Crippen LogP contribution in [0, 0.1) is 0 Å². The van der Waals surface area contributed by atoms with Gasteiger partial charge >= 0.3 is 5.97 Å². The number of aliphatic carboxylic acids is 1. The maximum atomic E-state index is 11.7. The van der Waals surface area contributed by atoms with Crippen LogP contribution in [0.2, 0.25) is 0 Å². The summed E-state index contributed by atoms with van der Waals surface area (Å²) >= 11 is 2.86. The van der Waals surface area contributed by atoms with Crippen LogP contribution in [0.4, 0.5) is 0 Å². The van der Waals surface area contributed by atoms with Crippen molar-refractivity contribution < 1.29 is 19.8 Å². The number of nitrogens with zero attached hydrogens (tertiary/aromatic N) is 5. The van der Waals surface area contributed by atoms with E-state index in [4.69, 9.17) is 5.11 Å². The normalized spacial score (nSPS) is 30.3. The summed E-state index contributed by atoms with van der Waals surface area (Å²) in [6, 6.07) is -0.835. The molecule has 2 N–H and O–H groups in total. The highest BCUT2D eigenvalue weighted by Gasteiger charge is 2.60. The molecule has 0 bridgehead atoms. The van der Waals surface area contributed by atoms with Gasteiger partial charge in [-0.3, -0.25) is 4.79 Å². The van der Waals surface area contributed by atoms with Gasteiger partial charge in [-0.25, -0.2) is 9.48 Å². The zero-order valence-electron chi connectivity index (χ0n) is 11.7. The van der Waals surface area contributed by atoms with Crippen LogP contribution in [0.5, 0.6) is 0 Å². The fourth-order valence-electron chi connectivity index (χ4n) is 2.72. The molecular weight excluding hydrogens is 330 g/mol. The fourth-order valence-corrected chi connectivity index (χ4v) is 5.65. The summed E-state index contributed by atoms with van der Waals surface area (Å²) in [6.45, 7) is 2.07. The zero-order chi connectivity index (χ0) is 15.9. The third kappa shape index (κ3) is 2.46. The largest absolute Gasteiger partial charge is 0.480 e. The van der Waals surface area contributed by atoms with E-state index >= 15 is 0 Å². The molecule has 1 aromatic heterocycles. The molecule has 0 radical (unpaired) electrons. The molecule has 0 unspecified atom stereocenters. The van der Waals surface area contributed by atoms with Crippen molar-refractivity contribution in [3.8, 4) is 0 Å². The van der Waals surface area contributed by atoms with Crippen LogP contribution in [0.25, 0.3) is 0 Å². The van der Waals surface area contributed by atoms with Crippen molar-refractivity contribution in [1.29, 1.82) is 0 Å². The van der Waals surface area contributed by atoms with E-state index in [2.05, 4.69) is 15.5 Å². The first kappa shape index (κ1) is 15.6. The van der Waals surface area contributed by atoms with Gasteiger partial charge in [0.15, 0.2) is 0 Å². The minimum atomic E-state index is -0.985. The number of amides is 1. The van der Waals surface area contributed by atoms with E-state index in [-0.39, 0.29) is 24.4 Å². The Bertz CT molecular complexity index is 611. The quantitative estimate of drug-likeness (QED) is 0.508. The Morgan fingerprint density at radius 1 is 1.59 bits per heavy atom. The lowest BCUT2D eigenvalue weighted by Crippen LogP contribution is -2.57. The molecule has 2 aliphatic rings. The van der Waals surface area contributed by atoms with Gasteiger partial charge in [-0.05, 0) is 17.4 Å². The minimum Gasteiger partial charge on any atom is -0.480 e. The fraction of sp³-hybridized carbons (Fsp3) is 0.727. The number of fused-ring (bicyclic) bond motifs is 1. The number of hydrogen-bond donors (Lipinski definition) is 2. The molecule has 2 aliphatic heterocycles. The van der Waals surface area contributed by atoms with Gasteiger partial charge in [0.2, 0.25) is 11.1 Å². The van der Waals surface area contributed by atoms with Crippen molar-refractivity contribution in [2.45, 2.75) is 41.2 Å². The van der Waals surface area contributed by atoms with E-state index in [1.54, 1.807) is 0 Å². The zero-order valence-corrected chi connectivity index (χ0v) is 13.4. The number of tetrazole rings is 1. The second-order valence-corrected chi connectivity index (χ2v) is 7.98. The number of carboxylic acid groups (broad SMARTS) is 1. The van der Waals surface area contributed by atoms with Gasteiger partial charge in [0.25, 0.3) is 0 Å². The molecule has 3 rings (SSSR count). The second-order valence-electron chi connectivity index (χ2n) is 5.33. The van der Waals surface area contributed by atoms with Gasteiger partial charge in [-0.2, -0.15) is 0 Å². The summed E-state index contributed by atoms with van der Waals surface area (Å²) in [5, 5.41) is 30.1. The number of β-lactam (4-membered cyclic amide) rings is 1. The van der Waals surface area contributed by atoms with E-state index < -0.39 is 16.8 Å². The standard InChI is InChI=1S/C11H15N5O4S2/c1-11(5-21-10-12-13-14-15(10)2-3-17)8(9(19)20)16-6(18)4-7(16)22-11/h7-8,17H,2-5H2,1H3,(H,19,20)/t7-,8-,11-/m0/s1. The first-order chi connectivity index (χ1) is 10.5. The SMILES string of the molecule is C[C@@]1(CSc2nnnn2CCO)S[C@H]2CC(=O)N2[C@H]1C(=O)O. The van der Waals surface area contributed by atoms with Crippen LogP contribution in [-0.2, 0) is 16.1 Å². The maximum Gasteiger partial charge on any atom is 0.327 e. The summed E-state index contributed by atoms with van der Waals surface area (Å²) < 4.78 is 0.868. The Balaban J connectivity index is 1.74. The van der Waals surface area contributed by atoms with Crippen molar-refractivity contribution in [2.24, 2.45) is 0 Å². The van der Waals surface area contributed by atoms with Crippen LogP contribution in [0.1, 0.15) is 13.3 Å². The maximum absolute atomic E-state index is 11.7. The monoisotopic (exact) mass is 345 g/mol. The van der Waals surface area contributed by atoms with E-state index in [9.17, 15) is 14.7 Å². The average Bonchev–Trinajstić information content (AvgIpc) is 2.98. The minimum absolute atomic E-state index is 0.0485. The van der Waals surface area contributed by atoms with Crippen molar-refractivity contribution in [3.63, 3.8) is 0 Å². The average molecular weight is 345 g/mol. The van der Waals surface area contributed by atoms with Gasteiger partial charge in [-0.15, -0.1) is 16.9 Å². The van der Waals surface area contributed by atoms with Crippen LogP contribution >= 0.6 is 23.5 Å². The molecule has 11 heteroatoms. The molecular formula is C11H15N5O4S2. The Labute approximate surface area is 134 Å². The lowest BCUT2D eigenvalue weighted by atomic mass is 9.98. The molecule has 3 atom stereocenters. The summed E-state index contributed by atoms with van der Waals surface area (Å²) in [5.74, 6) is -0.634. The molecule has 22 heavy (non-hydrogen) atoms. The lowest BCUT2D eigenvalue weighted by Gasteiger charge is -2.36. The highest BCUT2D eigenvalue weighted by molar-refractivity contribution is 8.04. The predicted molar refractivity (Wildman–Crippen MR) is 78.3 cm³/mol. The Kier molecular flexibility index (Phi) is 4.03. The lowest BCUT2D eigenvalue weighted by molar-refractivity contribution is -0.157. The number of hydrogen-bond acceptors (Lipinski definition) is 8. The molecule has 0 saturated carbocycles. The van der Waals surface area contributed by atoms with Gasteiger partial charge in [0.05, 0.1) is 29.7 Å². The summed E-state index contributed by atoms with van der Waals surface area (Å²) in [5.41, 5.74) is 0. The van der Waals surface area contributed by atoms with Gasteiger partial charge in [0, 0.05) is 5.75 Å². The molecule has 9 nitrogen and oxygen atoms in total. The smallest absolute Gasteiger partial charge is 0.327 e. The molecule has 0 aliphatic carbocycles. The van der Waals surface area contributed by atoms with E-state index in [1.165, 1.54) is 33.1 Å². The van der Waals surface area contributed by atoms with Crippen LogP contribution in [-0.4, -0.2) is 75.7 Å². The Hall–Kier alpha value is -1.33. The number of carbonyl (C=O) groups excluding carboxylic acids is 1. The van der Waals surface area contributed by atoms with Crippen molar-refractivity contribution in [1.82, 2.24) is 25.1 Å². The van der Waals surface area contributed by atoms with E-state index in [1.807, 2.05) is 6.92 Å². The molecule has 0 aromatic carbocycles. The number of rotatable bonds is 6. The molecule has 1 amide bonds.